The van der Waals surface area contributed by atoms with Gasteiger partial charge in [-0.3, -0.25) is 4.79 Å². The number of hydrogen-bond donors (Lipinski definition) is 1. The van der Waals surface area contributed by atoms with Gasteiger partial charge in [0.2, 0.25) is 0 Å². The van der Waals surface area contributed by atoms with Gasteiger partial charge in [-0.15, -0.1) is 0 Å². The maximum atomic E-state index is 12.1. The zero-order valence-corrected chi connectivity index (χ0v) is 9.00. The number of nitrogens with zero attached hydrogens (tertiary/aromatic N) is 1. The van der Waals surface area contributed by atoms with Crippen molar-refractivity contribution in [3.05, 3.63) is 35.9 Å². The summed E-state index contributed by atoms with van der Waals surface area (Å²) in [5.41, 5.74) is 0.655. The lowest BCUT2D eigenvalue weighted by atomic mass is 10.1. The summed E-state index contributed by atoms with van der Waals surface area (Å²) >= 11 is 0. The number of hydrogen-bond acceptors (Lipinski definition) is 3. The van der Waals surface area contributed by atoms with Crippen LogP contribution >= 0.6 is 0 Å². The third kappa shape index (κ3) is 2.23. The maximum absolute atomic E-state index is 12.1. The summed E-state index contributed by atoms with van der Waals surface area (Å²) in [5.74, 6) is -0.0389. The van der Waals surface area contributed by atoms with Crippen LogP contribution in [0, 0.1) is 0 Å². The topological polar surface area (TPSA) is 49.8 Å². The van der Waals surface area contributed by atoms with Crippen LogP contribution in [0.3, 0.4) is 0 Å². The second kappa shape index (κ2) is 5.09. The molecule has 4 heteroatoms. The van der Waals surface area contributed by atoms with Gasteiger partial charge in [-0.25, -0.2) is 0 Å². The molecule has 86 valence electrons. The summed E-state index contributed by atoms with van der Waals surface area (Å²) < 4.78 is 5.24. The number of carbonyl (C=O) groups is 1. The van der Waals surface area contributed by atoms with E-state index >= 15 is 0 Å². The van der Waals surface area contributed by atoms with E-state index < -0.39 is 0 Å². The SMILES string of the molecule is O=C(c1ccccc1)N1CCOC[C@H]1CO. The molecular formula is C12H15NO3. The fraction of sp³-hybridized carbons (Fsp3) is 0.417. The van der Waals surface area contributed by atoms with Crippen molar-refractivity contribution >= 4 is 5.91 Å². The first kappa shape index (κ1) is 11.1. The normalized spacial score (nSPS) is 20.8. The highest BCUT2D eigenvalue weighted by Gasteiger charge is 2.27. The largest absolute Gasteiger partial charge is 0.394 e. The third-order valence-electron chi connectivity index (χ3n) is 2.72. The average molecular weight is 221 g/mol. The molecule has 0 aromatic heterocycles. The molecule has 1 heterocycles. The minimum atomic E-state index is -0.221. The molecule has 1 aromatic carbocycles. The minimum Gasteiger partial charge on any atom is -0.394 e. The van der Waals surface area contributed by atoms with Gasteiger partial charge in [0.25, 0.3) is 5.91 Å². The summed E-state index contributed by atoms with van der Waals surface area (Å²) in [6, 6.07) is 8.89. The molecule has 0 saturated carbocycles. The van der Waals surface area contributed by atoms with E-state index in [1.165, 1.54) is 0 Å². The van der Waals surface area contributed by atoms with E-state index in [2.05, 4.69) is 0 Å². The molecule has 1 amide bonds. The molecule has 1 aliphatic heterocycles. The number of aliphatic hydroxyl groups excluding tert-OH is 1. The van der Waals surface area contributed by atoms with Gasteiger partial charge in [-0.1, -0.05) is 18.2 Å². The minimum absolute atomic E-state index is 0.0389. The number of benzene rings is 1. The van der Waals surface area contributed by atoms with Crippen LogP contribution < -0.4 is 0 Å². The van der Waals surface area contributed by atoms with E-state index in [1.807, 2.05) is 18.2 Å². The van der Waals surface area contributed by atoms with Crippen LogP contribution in [0.25, 0.3) is 0 Å². The van der Waals surface area contributed by atoms with Crippen molar-refractivity contribution in [2.75, 3.05) is 26.4 Å². The Morgan fingerprint density at radius 1 is 1.44 bits per heavy atom. The van der Waals surface area contributed by atoms with Gasteiger partial charge >= 0.3 is 0 Å². The lowest BCUT2D eigenvalue weighted by Gasteiger charge is -2.34. The molecular weight excluding hydrogens is 206 g/mol. The summed E-state index contributed by atoms with van der Waals surface area (Å²) in [7, 11) is 0. The summed E-state index contributed by atoms with van der Waals surface area (Å²) in [4.78, 5) is 13.8. The maximum Gasteiger partial charge on any atom is 0.254 e. The molecule has 1 fully saturated rings. The van der Waals surface area contributed by atoms with Gasteiger partial charge in [0.15, 0.2) is 0 Å². The van der Waals surface area contributed by atoms with Crippen molar-refractivity contribution in [2.45, 2.75) is 6.04 Å². The van der Waals surface area contributed by atoms with Crippen LogP contribution in [0.1, 0.15) is 10.4 Å². The van der Waals surface area contributed by atoms with Gasteiger partial charge in [0, 0.05) is 12.1 Å². The summed E-state index contributed by atoms with van der Waals surface area (Å²) in [5, 5.41) is 9.18. The third-order valence-corrected chi connectivity index (χ3v) is 2.72. The van der Waals surface area contributed by atoms with Crippen molar-refractivity contribution in [3.8, 4) is 0 Å². The lowest BCUT2D eigenvalue weighted by molar-refractivity contribution is -0.0183. The first-order valence-electron chi connectivity index (χ1n) is 5.37. The van der Waals surface area contributed by atoms with E-state index in [1.54, 1.807) is 17.0 Å². The van der Waals surface area contributed by atoms with E-state index in [9.17, 15) is 9.90 Å². The Kier molecular flexibility index (Phi) is 3.54. The Morgan fingerprint density at radius 2 is 2.19 bits per heavy atom. The quantitative estimate of drug-likeness (QED) is 0.792. The number of morpholine rings is 1. The van der Waals surface area contributed by atoms with Crippen molar-refractivity contribution in [1.29, 1.82) is 0 Å². The lowest BCUT2D eigenvalue weighted by Crippen LogP contribution is -2.50. The molecule has 2 rings (SSSR count). The smallest absolute Gasteiger partial charge is 0.254 e. The van der Waals surface area contributed by atoms with Crippen molar-refractivity contribution in [2.24, 2.45) is 0 Å². The van der Waals surface area contributed by atoms with Crippen molar-refractivity contribution in [3.63, 3.8) is 0 Å². The molecule has 0 bridgehead atoms. The van der Waals surface area contributed by atoms with Crippen LogP contribution in [0.15, 0.2) is 30.3 Å². The van der Waals surface area contributed by atoms with Gasteiger partial charge < -0.3 is 14.7 Å². The second-order valence-corrected chi connectivity index (χ2v) is 3.78. The number of ether oxygens (including phenoxy) is 1. The fourth-order valence-electron chi connectivity index (χ4n) is 1.82. The first-order chi connectivity index (χ1) is 7.83. The zero-order chi connectivity index (χ0) is 11.4. The standard InChI is InChI=1S/C12H15NO3/c14-8-11-9-16-7-6-13(11)12(15)10-4-2-1-3-5-10/h1-5,11,14H,6-9H2/t11-/m1/s1. The molecule has 16 heavy (non-hydrogen) atoms. The summed E-state index contributed by atoms with van der Waals surface area (Å²) in [6.07, 6.45) is 0. The van der Waals surface area contributed by atoms with E-state index in [4.69, 9.17) is 4.74 Å². The van der Waals surface area contributed by atoms with Crippen LogP contribution in [0.2, 0.25) is 0 Å². The Bertz CT molecular complexity index is 353. The van der Waals surface area contributed by atoms with Crippen LogP contribution in [0.5, 0.6) is 0 Å². The van der Waals surface area contributed by atoms with Gasteiger partial charge in [-0.05, 0) is 12.1 Å². The molecule has 1 atom stereocenters. The molecule has 0 spiro atoms. The van der Waals surface area contributed by atoms with Crippen LogP contribution in [-0.2, 0) is 4.74 Å². The monoisotopic (exact) mass is 221 g/mol. The second-order valence-electron chi connectivity index (χ2n) is 3.78. The van der Waals surface area contributed by atoms with E-state index in [-0.39, 0.29) is 18.6 Å². The molecule has 4 nitrogen and oxygen atoms in total. The van der Waals surface area contributed by atoms with E-state index in [0.717, 1.165) is 0 Å². The number of carbonyl (C=O) groups excluding carboxylic acids is 1. The predicted molar refractivity (Wildman–Crippen MR) is 59.2 cm³/mol. The Labute approximate surface area is 94.4 Å². The van der Waals surface area contributed by atoms with E-state index in [0.29, 0.717) is 25.3 Å². The fourth-order valence-corrected chi connectivity index (χ4v) is 1.82. The number of aliphatic hydroxyl groups is 1. The van der Waals surface area contributed by atoms with Gasteiger partial charge in [-0.2, -0.15) is 0 Å². The van der Waals surface area contributed by atoms with Crippen LogP contribution in [0.4, 0.5) is 0 Å². The molecule has 1 saturated heterocycles. The first-order valence-corrected chi connectivity index (χ1v) is 5.37. The Balaban J connectivity index is 2.14. The Hall–Kier alpha value is -1.39. The Morgan fingerprint density at radius 3 is 2.88 bits per heavy atom. The summed E-state index contributed by atoms with van der Waals surface area (Å²) in [6.45, 7) is 1.43. The van der Waals surface area contributed by atoms with Crippen molar-refractivity contribution < 1.29 is 14.6 Å². The predicted octanol–water partition coefficient (Wildman–Crippen LogP) is 0.520. The highest BCUT2D eigenvalue weighted by molar-refractivity contribution is 5.94. The van der Waals surface area contributed by atoms with Gasteiger partial charge in [0.05, 0.1) is 25.9 Å². The van der Waals surface area contributed by atoms with Crippen molar-refractivity contribution in [1.82, 2.24) is 4.90 Å². The molecule has 1 aromatic rings. The molecule has 0 aliphatic carbocycles. The zero-order valence-electron chi connectivity index (χ0n) is 9.00. The molecule has 1 aliphatic rings. The average Bonchev–Trinajstić information content (AvgIpc) is 2.39. The highest BCUT2D eigenvalue weighted by Crippen LogP contribution is 2.11. The van der Waals surface area contributed by atoms with Gasteiger partial charge in [0.1, 0.15) is 0 Å². The molecule has 1 N–H and O–H groups in total. The highest BCUT2D eigenvalue weighted by atomic mass is 16.5. The number of rotatable bonds is 2. The number of amides is 1. The van der Waals surface area contributed by atoms with Crippen LogP contribution in [-0.4, -0.2) is 48.3 Å². The molecule has 0 unspecified atom stereocenters. The molecule has 0 radical (unpaired) electrons.